The first-order valence-electron chi connectivity index (χ1n) is 8.55. The van der Waals surface area contributed by atoms with Crippen LogP contribution in [0.15, 0.2) is 41.8 Å². The highest BCUT2D eigenvalue weighted by molar-refractivity contribution is 7.99. The van der Waals surface area contributed by atoms with Crippen LogP contribution in [0.5, 0.6) is 0 Å². The molecule has 2 aromatic heterocycles. The van der Waals surface area contributed by atoms with Crippen LogP contribution in [-0.2, 0) is 11.3 Å². The third-order valence-corrected chi connectivity index (χ3v) is 5.48. The zero-order valence-electron chi connectivity index (χ0n) is 14.1. The minimum atomic E-state index is 0.234. The first kappa shape index (κ1) is 17.0. The normalized spacial score (nSPS) is 17.9. The van der Waals surface area contributed by atoms with Crippen LogP contribution >= 0.6 is 11.8 Å². The quantitative estimate of drug-likeness (QED) is 0.756. The summed E-state index contributed by atoms with van der Waals surface area (Å²) in [6.07, 6.45) is 10.0. The van der Waals surface area contributed by atoms with Crippen LogP contribution in [0.3, 0.4) is 0 Å². The fraction of sp³-hybridized carbons (Fsp3) is 0.500. The fourth-order valence-electron chi connectivity index (χ4n) is 3.21. The summed E-state index contributed by atoms with van der Waals surface area (Å²) in [5, 5.41) is 0.911. The molecule has 1 atom stereocenters. The highest BCUT2D eigenvalue weighted by Gasteiger charge is 2.26. The number of thioether (sulfide) groups is 1. The van der Waals surface area contributed by atoms with Gasteiger partial charge < -0.3 is 9.47 Å². The van der Waals surface area contributed by atoms with Crippen molar-refractivity contribution < 1.29 is 4.79 Å². The van der Waals surface area contributed by atoms with Gasteiger partial charge in [0.1, 0.15) is 5.82 Å². The van der Waals surface area contributed by atoms with Gasteiger partial charge in [0, 0.05) is 37.7 Å². The summed E-state index contributed by atoms with van der Waals surface area (Å²) < 4.78 is 2.17. The molecule has 0 radical (unpaired) electrons. The monoisotopic (exact) mass is 344 g/mol. The van der Waals surface area contributed by atoms with Gasteiger partial charge in [-0.3, -0.25) is 4.79 Å². The molecular weight excluding hydrogens is 320 g/mol. The molecule has 128 valence electrons. The largest absolute Gasteiger partial charge is 0.339 e. The van der Waals surface area contributed by atoms with Crippen LogP contribution < -0.4 is 0 Å². The summed E-state index contributed by atoms with van der Waals surface area (Å²) >= 11 is 1.52. The Kier molecular flexibility index (Phi) is 5.91. The number of aromatic nitrogens is 3. The zero-order chi connectivity index (χ0) is 16.8. The van der Waals surface area contributed by atoms with Crippen molar-refractivity contribution in [3.63, 3.8) is 0 Å². The highest BCUT2D eigenvalue weighted by atomic mass is 32.2. The van der Waals surface area contributed by atoms with Crippen LogP contribution in [0.2, 0.25) is 0 Å². The Bertz CT molecular complexity index is 658. The summed E-state index contributed by atoms with van der Waals surface area (Å²) in [5.74, 6) is 1.74. The number of carbonyl (C=O) groups excluding carboxylic acids is 1. The van der Waals surface area contributed by atoms with Crippen molar-refractivity contribution in [1.29, 1.82) is 0 Å². The van der Waals surface area contributed by atoms with Crippen molar-refractivity contribution in [2.75, 3.05) is 12.3 Å². The van der Waals surface area contributed by atoms with Gasteiger partial charge in [0.25, 0.3) is 0 Å². The molecule has 0 saturated carbocycles. The number of rotatable bonds is 6. The van der Waals surface area contributed by atoms with E-state index in [2.05, 4.69) is 19.4 Å². The molecule has 0 N–H and O–H groups in total. The predicted molar refractivity (Wildman–Crippen MR) is 95.9 cm³/mol. The van der Waals surface area contributed by atoms with Gasteiger partial charge in [0.05, 0.1) is 10.8 Å². The first-order valence-corrected chi connectivity index (χ1v) is 9.53. The van der Waals surface area contributed by atoms with Crippen LogP contribution in [0.25, 0.3) is 0 Å². The molecule has 0 spiro atoms. The van der Waals surface area contributed by atoms with E-state index in [1.54, 1.807) is 6.20 Å². The van der Waals surface area contributed by atoms with E-state index in [0.717, 1.165) is 43.2 Å². The van der Waals surface area contributed by atoms with E-state index < -0.39 is 0 Å². The van der Waals surface area contributed by atoms with Gasteiger partial charge in [-0.1, -0.05) is 17.8 Å². The molecule has 0 bridgehead atoms. The van der Waals surface area contributed by atoms with Crippen LogP contribution in [0.4, 0.5) is 0 Å². The van der Waals surface area contributed by atoms with Crippen molar-refractivity contribution in [3.05, 3.63) is 42.6 Å². The molecule has 1 fully saturated rings. The molecule has 1 amide bonds. The van der Waals surface area contributed by atoms with Crippen molar-refractivity contribution in [3.8, 4) is 0 Å². The van der Waals surface area contributed by atoms with Crippen molar-refractivity contribution >= 4 is 17.7 Å². The maximum Gasteiger partial charge on any atom is 0.233 e. The molecule has 2 aromatic rings. The SMILES string of the molecule is Cc1nccn1CC[C@@H]1CCCCN1C(=O)CSc1ccccn1. The zero-order valence-corrected chi connectivity index (χ0v) is 14.9. The standard InChI is InChI=1S/C18H24N4OS/c1-15-19-10-13-21(15)12-8-16-6-3-5-11-22(16)18(23)14-24-17-7-2-4-9-20-17/h2,4,7,9-10,13,16H,3,5-6,8,11-12,14H2,1H3/t16-/m0/s1. The van der Waals surface area contributed by atoms with Crippen LogP contribution in [0, 0.1) is 6.92 Å². The van der Waals surface area contributed by atoms with Gasteiger partial charge in [-0.25, -0.2) is 9.97 Å². The van der Waals surface area contributed by atoms with Gasteiger partial charge >= 0.3 is 0 Å². The summed E-state index contributed by atoms with van der Waals surface area (Å²) in [6.45, 7) is 3.83. The Hall–Kier alpha value is -1.82. The second-order valence-electron chi connectivity index (χ2n) is 6.15. The highest BCUT2D eigenvalue weighted by Crippen LogP contribution is 2.23. The van der Waals surface area contributed by atoms with Gasteiger partial charge in [0.15, 0.2) is 0 Å². The van der Waals surface area contributed by atoms with Crippen molar-refractivity contribution in [2.45, 2.75) is 50.2 Å². The minimum Gasteiger partial charge on any atom is -0.339 e. The van der Waals surface area contributed by atoms with Gasteiger partial charge in [-0.15, -0.1) is 0 Å². The Balaban J connectivity index is 1.55. The number of piperidine rings is 1. The van der Waals surface area contributed by atoms with Crippen LogP contribution in [-0.4, -0.2) is 43.7 Å². The topological polar surface area (TPSA) is 51.0 Å². The molecule has 6 heteroatoms. The number of hydrogen-bond acceptors (Lipinski definition) is 4. The Morgan fingerprint density at radius 3 is 2.96 bits per heavy atom. The van der Waals surface area contributed by atoms with E-state index in [4.69, 9.17) is 0 Å². The number of imidazole rings is 1. The fourth-order valence-corrected chi connectivity index (χ4v) is 3.96. The number of amides is 1. The van der Waals surface area contributed by atoms with Gasteiger partial charge in [-0.2, -0.15) is 0 Å². The molecule has 1 saturated heterocycles. The molecule has 3 heterocycles. The van der Waals surface area contributed by atoms with E-state index in [1.165, 1.54) is 18.2 Å². The molecule has 1 aliphatic heterocycles. The average molecular weight is 344 g/mol. The lowest BCUT2D eigenvalue weighted by Crippen LogP contribution is -2.45. The van der Waals surface area contributed by atoms with Crippen molar-refractivity contribution in [1.82, 2.24) is 19.4 Å². The number of likely N-dealkylation sites (tertiary alicyclic amines) is 1. The third kappa shape index (κ3) is 4.38. The summed E-state index contributed by atoms with van der Waals surface area (Å²) in [4.78, 5) is 23.3. The first-order chi connectivity index (χ1) is 11.7. The predicted octanol–water partition coefficient (Wildman–Crippen LogP) is 3.15. The molecule has 24 heavy (non-hydrogen) atoms. The second kappa shape index (κ2) is 8.33. The summed E-state index contributed by atoms with van der Waals surface area (Å²) in [6, 6.07) is 6.15. The van der Waals surface area contributed by atoms with Gasteiger partial charge in [0.2, 0.25) is 5.91 Å². The van der Waals surface area contributed by atoms with Crippen LogP contribution in [0.1, 0.15) is 31.5 Å². The number of pyridine rings is 1. The van der Waals surface area contributed by atoms with E-state index in [0.29, 0.717) is 11.8 Å². The number of hydrogen-bond donors (Lipinski definition) is 0. The summed E-state index contributed by atoms with van der Waals surface area (Å²) in [7, 11) is 0. The maximum atomic E-state index is 12.7. The lowest BCUT2D eigenvalue weighted by Gasteiger charge is -2.36. The summed E-state index contributed by atoms with van der Waals surface area (Å²) in [5.41, 5.74) is 0. The average Bonchev–Trinajstić information content (AvgIpc) is 3.04. The van der Waals surface area contributed by atoms with E-state index >= 15 is 0 Å². The number of carbonyl (C=O) groups is 1. The minimum absolute atomic E-state index is 0.234. The molecule has 0 aromatic carbocycles. The van der Waals surface area contributed by atoms with E-state index in [9.17, 15) is 4.79 Å². The Morgan fingerprint density at radius 1 is 1.29 bits per heavy atom. The van der Waals surface area contributed by atoms with E-state index in [-0.39, 0.29) is 5.91 Å². The smallest absolute Gasteiger partial charge is 0.233 e. The third-order valence-electron chi connectivity index (χ3n) is 4.56. The number of nitrogens with zero attached hydrogens (tertiary/aromatic N) is 4. The lowest BCUT2D eigenvalue weighted by atomic mass is 9.99. The van der Waals surface area contributed by atoms with Crippen molar-refractivity contribution in [2.24, 2.45) is 0 Å². The lowest BCUT2D eigenvalue weighted by molar-refractivity contribution is -0.132. The Morgan fingerprint density at radius 2 is 2.21 bits per heavy atom. The molecule has 3 rings (SSSR count). The molecule has 0 unspecified atom stereocenters. The molecule has 5 nitrogen and oxygen atoms in total. The Labute approximate surface area is 147 Å². The molecule has 1 aliphatic rings. The maximum absolute atomic E-state index is 12.7. The number of aryl methyl sites for hydroxylation is 2. The second-order valence-corrected chi connectivity index (χ2v) is 7.15. The molecule has 0 aliphatic carbocycles. The van der Waals surface area contributed by atoms with E-state index in [1.807, 2.05) is 37.5 Å². The molecular formula is C18H24N4OS. The van der Waals surface area contributed by atoms with Gasteiger partial charge in [-0.05, 0) is 44.7 Å².